The van der Waals surface area contributed by atoms with Gasteiger partial charge in [-0.3, -0.25) is 9.69 Å². The predicted molar refractivity (Wildman–Crippen MR) is 144 cm³/mol. The lowest BCUT2D eigenvalue weighted by molar-refractivity contribution is -0.116. The Kier molecular flexibility index (Phi) is 7.97. The lowest BCUT2D eigenvalue weighted by Gasteiger charge is -2.36. The minimum atomic E-state index is -0.657. The third-order valence-corrected chi connectivity index (χ3v) is 7.01. The van der Waals surface area contributed by atoms with E-state index in [1.807, 2.05) is 31.2 Å². The van der Waals surface area contributed by atoms with Crippen molar-refractivity contribution in [2.75, 3.05) is 37.6 Å². The third kappa shape index (κ3) is 5.72. The molecule has 1 aromatic heterocycles. The fourth-order valence-electron chi connectivity index (χ4n) is 4.91. The van der Waals surface area contributed by atoms with Crippen molar-refractivity contribution >= 4 is 22.5 Å². The van der Waals surface area contributed by atoms with E-state index in [0.29, 0.717) is 5.75 Å². The second kappa shape index (κ2) is 11.3. The lowest BCUT2D eigenvalue weighted by Crippen LogP contribution is -2.46. The molecule has 0 spiro atoms. The van der Waals surface area contributed by atoms with Crippen LogP contribution in [0.1, 0.15) is 36.5 Å². The number of anilines is 1. The van der Waals surface area contributed by atoms with Gasteiger partial charge in [0.2, 0.25) is 0 Å². The third-order valence-electron chi connectivity index (χ3n) is 7.01. The molecule has 2 N–H and O–H groups in total. The number of nitriles is 1. The van der Waals surface area contributed by atoms with Gasteiger partial charge in [-0.1, -0.05) is 6.58 Å². The molecular formula is C29H35N5O2. The summed E-state index contributed by atoms with van der Waals surface area (Å²) in [6, 6.07) is 14.3. The Morgan fingerprint density at radius 2 is 1.92 bits per heavy atom. The van der Waals surface area contributed by atoms with Gasteiger partial charge >= 0.3 is 0 Å². The zero-order valence-corrected chi connectivity index (χ0v) is 21.3. The Balaban J connectivity index is 1.25. The number of carbonyl (C=O) groups excluding carboxylic acids is 1. The van der Waals surface area contributed by atoms with Crippen LogP contribution in [0.25, 0.3) is 10.9 Å². The molecule has 2 heterocycles. The molecular weight excluding hydrogens is 450 g/mol. The van der Waals surface area contributed by atoms with Crippen LogP contribution in [-0.2, 0) is 17.8 Å². The highest BCUT2D eigenvalue weighted by atomic mass is 16.5. The molecule has 1 amide bonds. The fourth-order valence-corrected chi connectivity index (χ4v) is 4.91. The minimum absolute atomic E-state index is 0.0532. The first kappa shape index (κ1) is 25.3. The van der Waals surface area contributed by atoms with Crippen molar-refractivity contribution in [3.8, 4) is 11.8 Å². The van der Waals surface area contributed by atoms with Gasteiger partial charge in [0.1, 0.15) is 5.75 Å². The standard InChI is InChI=1S/C29H35N5O2/c1-4-33-20-24(26-18-23(19-30)8-10-27(26)33)7-5-6-12-32-13-15-34(16-14-32)25-9-11-28(21(2)17-25)36-22(3)29(31)35/h8-11,17-18,20H,3-7,12-16H2,1-2H3,(H2,31,35). The molecule has 0 unspecified atom stereocenters. The van der Waals surface area contributed by atoms with Crippen molar-refractivity contribution in [3.05, 3.63) is 71.6 Å². The summed E-state index contributed by atoms with van der Waals surface area (Å²) in [5.41, 5.74) is 10.6. The van der Waals surface area contributed by atoms with Crippen LogP contribution in [0.2, 0.25) is 0 Å². The van der Waals surface area contributed by atoms with Crippen molar-refractivity contribution in [2.24, 2.45) is 5.73 Å². The Morgan fingerprint density at radius 1 is 1.14 bits per heavy atom. The fraction of sp³-hybridized carbons (Fsp3) is 0.379. The maximum absolute atomic E-state index is 11.2. The number of nitrogens with zero attached hydrogens (tertiary/aromatic N) is 4. The van der Waals surface area contributed by atoms with Crippen LogP contribution < -0.4 is 15.4 Å². The van der Waals surface area contributed by atoms with Gasteiger partial charge in [-0.15, -0.1) is 0 Å². The molecule has 0 aliphatic carbocycles. The number of fused-ring (bicyclic) bond motifs is 1. The summed E-state index contributed by atoms with van der Waals surface area (Å²) in [7, 11) is 0. The molecule has 1 fully saturated rings. The summed E-state index contributed by atoms with van der Waals surface area (Å²) in [4.78, 5) is 16.1. The van der Waals surface area contributed by atoms with Crippen molar-refractivity contribution in [3.63, 3.8) is 0 Å². The summed E-state index contributed by atoms with van der Waals surface area (Å²) >= 11 is 0. The van der Waals surface area contributed by atoms with Crippen LogP contribution in [0, 0.1) is 18.3 Å². The summed E-state index contributed by atoms with van der Waals surface area (Å²) < 4.78 is 7.76. The van der Waals surface area contributed by atoms with Crippen LogP contribution in [0.3, 0.4) is 0 Å². The second-order valence-electron chi connectivity index (χ2n) is 9.41. The molecule has 1 saturated heterocycles. The van der Waals surface area contributed by atoms with Gasteiger partial charge in [-0.05, 0) is 87.2 Å². The van der Waals surface area contributed by atoms with Gasteiger partial charge in [0.25, 0.3) is 5.91 Å². The maximum Gasteiger partial charge on any atom is 0.283 e. The quantitative estimate of drug-likeness (QED) is 0.262. The van der Waals surface area contributed by atoms with Crippen molar-refractivity contribution in [1.29, 1.82) is 5.26 Å². The van der Waals surface area contributed by atoms with E-state index in [-0.39, 0.29) is 5.76 Å². The topological polar surface area (TPSA) is 87.5 Å². The van der Waals surface area contributed by atoms with Crippen molar-refractivity contribution < 1.29 is 9.53 Å². The van der Waals surface area contributed by atoms with E-state index in [1.165, 1.54) is 16.5 Å². The highest BCUT2D eigenvalue weighted by Gasteiger charge is 2.18. The van der Waals surface area contributed by atoms with Crippen LogP contribution in [-0.4, -0.2) is 48.1 Å². The van der Waals surface area contributed by atoms with E-state index in [1.54, 1.807) is 0 Å². The number of ether oxygens (including phenoxy) is 1. The molecule has 3 aromatic rings. The molecule has 0 bridgehead atoms. The second-order valence-corrected chi connectivity index (χ2v) is 9.41. The lowest BCUT2D eigenvalue weighted by atomic mass is 10.0. The van der Waals surface area contributed by atoms with Crippen LogP contribution in [0.5, 0.6) is 5.75 Å². The van der Waals surface area contributed by atoms with Gasteiger partial charge in [0.15, 0.2) is 5.76 Å². The van der Waals surface area contributed by atoms with Gasteiger partial charge in [0, 0.05) is 55.5 Å². The first-order valence-corrected chi connectivity index (χ1v) is 12.7. The van der Waals surface area contributed by atoms with E-state index in [4.69, 9.17) is 10.5 Å². The zero-order valence-electron chi connectivity index (χ0n) is 21.3. The maximum atomic E-state index is 11.2. The van der Waals surface area contributed by atoms with Crippen LogP contribution >= 0.6 is 0 Å². The highest BCUT2D eigenvalue weighted by molar-refractivity contribution is 5.89. The van der Waals surface area contributed by atoms with Gasteiger partial charge in [-0.25, -0.2) is 0 Å². The average Bonchev–Trinajstić information content (AvgIpc) is 3.24. The first-order chi connectivity index (χ1) is 17.4. The Hall–Kier alpha value is -3.76. The number of hydrogen-bond donors (Lipinski definition) is 1. The number of carbonyl (C=O) groups is 1. The molecule has 36 heavy (non-hydrogen) atoms. The molecule has 7 heteroatoms. The predicted octanol–water partition coefficient (Wildman–Crippen LogP) is 4.36. The van der Waals surface area contributed by atoms with E-state index in [2.05, 4.69) is 52.3 Å². The molecule has 0 radical (unpaired) electrons. The van der Waals surface area contributed by atoms with Crippen molar-refractivity contribution in [2.45, 2.75) is 39.7 Å². The van der Waals surface area contributed by atoms with Gasteiger partial charge in [-0.2, -0.15) is 5.26 Å². The highest BCUT2D eigenvalue weighted by Crippen LogP contribution is 2.27. The number of rotatable bonds is 10. The number of amides is 1. The van der Waals surface area contributed by atoms with Gasteiger partial charge < -0.3 is 19.9 Å². The molecule has 0 atom stereocenters. The number of aromatic nitrogens is 1. The average molecular weight is 486 g/mol. The number of primary amides is 1. The van der Waals surface area contributed by atoms with E-state index >= 15 is 0 Å². The number of hydrogen-bond acceptors (Lipinski definition) is 5. The normalized spacial score (nSPS) is 14.1. The monoisotopic (exact) mass is 485 g/mol. The first-order valence-electron chi connectivity index (χ1n) is 12.7. The Labute approximate surface area is 213 Å². The Morgan fingerprint density at radius 3 is 2.58 bits per heavy atom. The number of benzene rings is 2. The molecule has 1 aliphatic heterocycles. The van der Waals surface area contributed by atoms with Crippen molar-refractivity contribution in [1.82, 2.24) is 9.47 Å². The summed E-state index contributed by atoms with van der Waals surface area (Å²) in [5, 5.41) is 10.5. The zero-order chi connectivity index (χ0) is 25.7. The molecule has 2 aromatic carbocycles. The van der Waals surface area contributed by atoms with E-state index < -0.39 is 5.91 Å². The largest absolute Gasteiger partial charge is 0.452 e. The minimum Gasteiger partial charge on any atom is -0.452 e. The smallest absolute Gasteiger partial charge is 0.283 e. The number of aryl methyl sites for hydroxylation is 3. The molecule has 0 saturated carbocycles. The van der Waals surface area contributed by atoms with E-state index in [0.717, 1.165) is 75.3 Å². The summed E-state index contributed by atoms with van der Waals surface area (Å²) in [5.74, 6) is -0.106. The van der Waals surface area contributed by atoms with E-state index in [9.17, 15) is 10.1 Å². The SMILES string of the molecule is C=C(Oc1ccc(N2CCN(CCCCc3cn(CC)c4ccc(C#N)cc34)CC2)cc1C)C(N)=O. The molecule has 1 aliphatic rings. The number of nitrogens with two attached hydrogens (primary N) is 1. The molecule has 7 nitrogen and oxygen atoms in total. The molecule has 4 rings (SSSR count). The number of piperazine rings is 1. The summed E-state index contributed by atoms with van der Waals surface area (Å²) in [6.45, 7) is 13.8. The summed E-state index contributed by atoms with van der Waals surface area (Å²) in [6.07, 6.45) is 5.59. The van der Waals surface area contributed by atoms with Gasteiger partial charge in [0.05, 0.1) is 11.6 Å². The Bertz CT molecular complexity index is 1290. The van der Waals surface area contributed by atoms with Crippen LogP contribution in [0.4, 0.5) is 5.69 Å². The van der Waals surface area contributed by atoms with Crippen LogP contribution in [0.15, 0.2) is 54.9 Å². The molecule has 188 valence electrons. The number of unbranched alkanes of at least 4 members (excludes halogenated alkanes) is 1.